The Hall–Kier alpha value is -0.610. The van der Waals surface area contributed by atoms with Crippen LogP contribution in [0.3, 0.4) is 0 Å². The molecular weight excluding hydrogens is 192 g/mol. The Morgan fingerprint density at radius 3 is 2.47 bits per heavy atom. The van der Waals surface area contributed by atoms with E-state index in [9.17, 15) is 4.79 Å². The van der Waals surface area contributed by atoms with Gasteiger partial charge in [0.15, 0.2) is 0 Å². The monoisotopic (exact) mass is 214 g/mol. The molecule has 0 aromatic rings. The van der Waals surface area contributed by atoms with E-state index in [1.807, 2.05) is 0 Å². The summed E-state index contributed by atoms with van der Waals surface area (Å²) in [5.74, 6) is 0.486. The maximum atomic E-state index is 11.8. The molecule has 4 N–H and O–H groups in total. The second-order valence-corrected chi connectivity index (χ2v) is 4.97. The van der Waals surface area contributed by atoms with Gasteiger partial charge < -0.3 is 16.2 Å². The summed E-state index contributed by atoms with van der Waals surface area (Å²) in [7, 11) is 0. The van der Waals surface area contributed by atoms with Gasteiger partial charge in [0, 0.05) is 6.54 Å². The first-order chi connectivity index (χ1) is 7.04. The van der Waals surface area contributed by atoms with Gasteiger partial charge >= 0.3 is 0 Å². The van der Waals surface area contributed by atoms with E-state index in [0.717, 1.165) is 19.3 Å². The van der Waals surface area contributed by atoms with Crippen molar-refractivity contribution in [1.29, 1.82) is 0 Å². The molecule has 1 aliphatic rings. The van der Waals surface area contributed by atoms with Crippen molar-refractivity contribution in [2.75, 3.05) is 13.2 Å². The number of amides is 1. The van der Waals surface area contributed by atoms with Crippen molar-refractivity contribution < 1.29 is 9.90 Å². The van der Waals surface area contributed by atoms with Crippen molar-refractivity contribution in [2.24, 2.45) is 17.1 Å². The summed E-state index contributed by atoms with van der Waals surface area (Å²) in [5.41, 5.74) is 5.25. The molecule has 0 heterocycles. The van der Waals surface area contributed by atoms with E-state index in [0.29, 0.717) is 12.5 Å². The zero-order chi connectivity index (χ0) is 11.5. The first-order valence-corrected chi connectivity index (χ1v) is 5.66. The van der Waals surface area contributed by atoms with E-state index in [1.165, 1.54) is 0 Å². The third-order valence-corrected chi connectivity index (χ3v) is 3.04. The minimum atomic E-state index is -0.315. The van der Waals surface area contributed by atoms with Crippen LogP contribution in [-0.4, -0.2) is 30.2 Å². The van der Waals surface area contributed by atoms with Crippen LogP contribution < -0.4 is 11.1 Å². The summed E-state index contributed by atoms with van der Waals surface area (Å²) in [6.45, 7) is 4.57. The van der Waals surface area contributed by atoms with Crippen molar-refractivity contribution in [3.63, 3.8) is 0 Å². The maximum Gasteiger partial charge on any atom is 0.227 e. The molecule has 0 spiro atoms. The Bertz CT molecular complexity index is 225. The molecule has 0 saturated heterocycles. The highest BCUT2D eigenvalue weighted by molar-refractivity contribution is 5.85. The molecule has 0 radical (unpaired) electrons. The lowest BCUT2D eigenvalue weighted by molar-refractivity contribution is -0.127. The van der Waals surface area contributed by atoms with Gasteiger partial charge in [0.05, 0.1) is 18.1 Å². The third kappa shape index (κ3) is 3.18. The van der Waals surface area contributed by atoms with Crippen molar-refractivity contribution in [3.05, 3.63) is 0 Å². The molecular formula is C11H22N2O2. The number of nitrogens with two attached hydrogens (primary N) is 1. The molecule has 0 aromatic carbocycles. The molecule has 1 atom stereocenters. The van der Waals surface area contributed by atoms with Gasteiger partial charge in [-0.25, -0.2) is 0 Å². The molecule has 0 aromatic heterocycles. The molecule has 1 unspecified atom stereocenters. The molecule has 1 amide bonds. The maximum absolute atomic E-state index is 11.8. The third-order valence-electron chi connectivity index (χ3n) is 3.04. The van der Waals surface area contributed by atoms with E-state index in [4.69, 9.17) is 10.8 Å². The summed E-state index contributed by atoms with van der Waals surface area (Å²) >= 11 is 0. The average molecular weight is 214 g/mol. The second kappa shape index (κ2) is 4.94. The van der Waals surface area contributed by atoms with Crippen LogP contribution in [0.4, 0.5) is 0 Å². The molecule has 15 heavy (non-hydrogen) atoms. The van der Waals surface area contributed by atoms with Gasteiger partial charge in [-0.1, -0.05) is 13.8 Å². The number of aliphatic hydroxyl groups is 1. The quantitative estimate of drug-likeness (QED) is 0.593. The smallest absolute Gasteiger partial charge is 0.227 e. The predicted octanol–water partition coefficient (Wildman–Crippen LogP) is 0.249. The number of aliphatic hydroxyl groups excluding tert-OH is 1. The highest BCUT2D eigenvalue weighted by Crippen LogP contribution is 2.44. The van der Waals surface area contributed by atoms with E-state index in [-0.39, 0.29) is 24.0 Å². The topological polar surface area (TPSA) is 75.3 Å². The number of hydrogen-bond acceptors (Lipinski definition) is 3. The second-order valence-electron chi connectivity index (χ2n) is 4.97. The first-order valence-electron chi connectivity index (χ1n) is 5.66. The van der Waals surface area contributed by atoms with Gasteiger partial charge in [0.1, 0.15) is 0 Å². The zero-order valence-corrected chi connectivity index (χ0v) is 9.62. The lowest BCUT2D eigenvalue weighted by atomic mass is 10.0. The summed E-state index contributed by atoms with van der Waals surface area (Å²) < 4.78 is 0. The normalized spacial score (nSPS) is 20.1. The fourth-order valence-electron chi connectivity index (χ4n) is 1.76. The molecule has 1 rings (SSSR count). The zero-order valence-electron chi connectivity index (χ0n) is 9.62. The molecule has 1 saturated carbocycles. The molecule has 1 aliphatic carbocycles. The van der Waals surface area contributed by atoms with Crippen LogP contribution in [0.5, 0.6) is 0 Å². The predicted molar refractivity (Wildman–Crippen MR) is 59.2 cm³/mol. The van der Waals surface area contributed by atoms with Crippen LogP contribution >= 0.6 is 0 Å². The lowest BCUT2D eigenvalue weighted by Gasteiger charge is -2.21. The summed E-state index contributed by atoms with van der Waals surface area (Å²) in [5, 5.41) is 12.0. The Kier molecular flexibility index (Phi) is 4.11. The summed E-state index contributed by atoms with van der Waals surface area (Å²) in [4.78, 5) is 11.8. The summed E-state index contributed by atoms with van der Waals surface area (Å²) in [6.07, 6.45) is 2.58. The minimum absolute atomic E-state index is 0.00454. The van der Waals surface area contributed by atoms with Crippen LogP contribution in [0.15, 0.2) is 0 Å². The number of carbonyl (C=O) groups excluding carboxylic acids is 1. The average Bonchev–Trinajstić information content (AvgIpc) is 2.96. The van der Waals surface area contributed by atoms with E-state index in [1.54, 1.807) is 0 Å². The van der Waals surface area contributed by atoms with E-state index >= 15 is 0 Å². The fraction of sp³-hybridized carbons (Fsp3) is 0.909. The van der Waals surface area contributed by atoms with Crippen molar-refractivity contribution in [3.8, 4) is 0 Å². The molecule has 1 fully saturated rings. The van der Waals surface area contributed by atoms with Crippen molar-refractivity contribution in [2.45, 2.75) is 39.2 Å². The number of carbonyl (C=O) groups is 1. The number of hydrogen-bond donors (Lipinski definition) is 3. The highest BCUT2D eigenvalue weighted by Gasteiger charge is 2.48. The molecule has 0 bridgehead atoms. The lowest BCUT2D eigenvalue weighted by Crippen LogP contribution is -2.44. The van der Waals surface area contributed by atoms with Gasteiger partial charge in [-0.3, -0.25) is 4.79 Å². The van der Waals surface area contributed by atoms with Gasteiger partial charge in [-0.15, -0.1) is 0 Å². The minimum Gasteiger partial charge on any atom is -0.394 e. The van der Waals surface area contributed by atoms with Gasteiger partial charge in [-0.05, 0) is 25.2 Å². The Morgan fingerprint density at radius 1 is 1.53 bits per heavy atom. The van der Waals surface area contributed by atoms with Gasteiger partial charge in [-0.2, -0.15) is 0 Å². The largest absolute Gasteiger partial charge is 0.394 e. The van der Waals surface area contributed by atoms with Crippen LogP contribution in [-0.2, 0) is 4.79 Å². The van der Waals surface area contributed by atoms with E-state index in [2.05, 4.69) is 19.2 Å². The number of nitrogens with one attached hydrogen (secondary N) is 1. The first kappa shape index (κ1) is 12.5. The Balaban J connectivity index is 2.41. The summed E-state index contributed by atoms with van der Waals surface area (Å²) in [6, 6.07) is -0.124. The van der Waals surface area contributed by atoms with Crippen molar-refractivity contribution in [1.82, 2.24) is 5.32 Å². The molecule has 88 valence electrons. The van der Waals surface area contributed by atoms with Crippen LogP contribution in [0.25, 0.3) is 0 Å². The highest BCUT2D eigenvalue weighted by atomic mass is 16.3. The number of rotatable bonds is 6. The van der Waals surface area contributed by atoms with Gasteiger partial charge in [0.25, 0.3) is 0 Å². The van der Waals surface area contributed by atoms with Gasteiger partial charge in [0.2, 0.25) is 5.91 Å². The molecule has 0 aliphatic heterocycles. The molecule has 4 nitrogen and oxygen atoms in total. The van der Waals surface area contributed by atoms with E-state index < -0.39 is 0 Å². The van der Waals surface area contributed by atoms with Crippen molar-refractivity contribution >= 4 is 5.91 Å². The standard InChI is InChI=1S/C11H22N2O2/c1-8(2)5-9(6-14)13-10(15)11(7-12)3-4-11/h8-9,14H,3-7,12H2,1-2H3,(H,13,15). The Labute approximate surface area is 91.2 Å². The van der Waals surface area contributed by atoms with Crippen LogP contribution in [0.1, 0.15) is 33.1 Å². The fourth-order valence-corrected chi connectivity index (χ4v) is 1.76. The van der Waals surface area contributed by atoms with Crippen LogP contribution in [0.2, 0.25) is 0 Å². The molecule has 4 heteroatoms. The van der Waals surface area contributed by atoms with Crippen LogP contribution in [0, 0.1) is 11.3 Å². The SMILES string of the molecule is CC(C)CC(CO)NC(=O)C1(CN)CC1. The Morgan fingerprint density at radius 2 is 2.13 bits per heavy atom.